The van der Waals surface area contributed by atoms with E-state index in [1.165, 1.54) is 21.3 Å². The van der Waals surface area contributed by atoms with E-state index in [0.717, 1.165) is 5.56 Å². The second-order valence-electron chi connectivity index (χ2n) is 6.67. The van der Waals surface area contributed by atoms with Crippen LogP contribution in [0.2, 0.25) is 0 Å². The maximum atomic E-state index is 13.1. The van der Waals surface area contributed by atoms with E-state index in [-0.39, 0.29) is 29.5 Å². The molecule has 3 heterocycles. The number of aryl methyl sites for hydroxylation is 1. The van der Waals surface area contributed by atoms with Crippen molar-refractivity contribution in [1.29, 1.82) is 0 Å². The van der Waals surface area contributed by atoms with Gasteiger partial charge in [-0.05, 0) is 37.5 Å². The minimum absolute atomic E-state index is 0.0563. The van der Waals surface area contributed by atoms with E-state index in [9.17, 15) is 18.0 Å². The third kappa shape index (κ3) is 2.96. The summed E-state index contributed by atoms with van der Waals surface area (Å²) in [4.78, 5) is 28.8. The van der Waals surface area contributed by atoms with E-state index in [4.69, 9.17) is 0 Å². The molecule has 1 aromatic carbocycles. The fourth-order valence-electron chi connectivity index (χ4n) is 3.57. The average molecular weight is 388 g/mol. The molecular weight excluding hydrogens is 368 g/mol. The Morgan fingerprint density at radius 1 is 1.22 bits per heavy atom. The summed E-state index contributed by atoms with van der Waals surface area (Å²) in [6, 6.07) is 4.69. The van der Waals surface area contributed by atoms with Crippen LogP contribution in [0.1, 0.15) is 34.1 Å². The van der Waals surface area contributed by atoms with Crippen molar-refractivity contribution in [3.63, 3.8) is 0 Å². The van der Waals surface area contributed by atoms with Gasteiger partial charge in [0.1, 0.15) is 0 Å². The summed E-state index contributed by atoms with van der Waals surface area (Å²) >= 11 is 0. The molecule has 2 aliphatic rings. The first-order valence-corrected chi connectivity index (χ1v) is 10.3. The van der Waals surface area contributed by atoms with Crippen molar-refractivity contribution in [1.82, 2.24) is 19.2 Å². The first kappa shape index (κ1) is 17.9. The molecule has 142 valence electrons. The zero-order chi connectivity index (χ0) is 19.2. The summed E-state index contributed by atoms with van der Waals surface area (Å²) in [6.45, 7) is 3.21. The van der Waals surface area contributed by atoms with Gasteiger partial charge in [0, 0.05) is 30.8 Å². The lowest BCUT2D eigenvalue weighted by Crippen LogP contribution is -2.40. The minimum atomic E-state index is -3.79. The van der Waals surface area contributed by atoms with Gasteiger partial charge in [-0.2, -0.15) is 4.31 Å². The molecule has 1 aromatic heterocycles. The molecule has 8 nitrogen and oxygen atoms in total. The predicted molar refractivity (Wildman–Crippen MR) is 98.0 cm³/mol. The van der Waals surface area contributed by atoms with Gasteiger partial charge < -0.3 is 5.32 Å². The first-order chi connectivity index (χ1) is 12.9. The van der Waals surface area contributed by atoms with Crippen LogP contribution in [0.5, 0.6) is 0 Å². The van der Waals surface area contributed by atoms with Gasteiger partial charge in [0.2, 0.25) is 10.0 Å². The molecule has 0 aliphatic carbocycles. The number of amides is 1. The zero-order valence-corrected chi connectivity index (χ0v) is 15.8. The standard InChI is InChI=1S/C18H20N4O4S/c1-2-21-11-20-16-10-22(8-6-14(16)18(21)24)27(25,26)13-4-3-12-5-7-19-17(23)15(12)9-13/h3-4,9,11H,2,5-8,10H2,1H3,(H,19,23). The van der Waals surface area contributed by atoms with Gasteiger partial charge in [-0.3, -0.25) is 14.2 Å². The summed E-state index contributed by atoms with van der Waals surface area (Å²) in [6.07, 6.45) is 2.47. The number of fused-ring (bicyclic) bond motifs is 2. The molecule has 27 heavy (non-hydrogen) atoms. The molecule has 0 fully saturated rings. The summed E-state index contributed by atoms with van der Waals surface area (Å²) in [5.74, 6) is -0.251. The second kappa shape index (κ2) is 6.58. The molecule has 9 heteroatoms. The third-order valence-corrected chi connectivity index (χ3v) is 6.98. The van der Waals surface area contributed by atoms with Crippen LogP contribution < -0.4 is 10.9 Å². The monoisotopic (exact) mass is 388 g/mol. The lowest BCUT2D eigenvalue weighted by Gasteiger charge is -2.27. The molecule has 0 saturated heterocycles. The minimum Gasteiger partial charge on any atom is -0.352 e. The quantitative estimate of drug-likeness (QED) is 0.815. The Balaban J connectivity index is 1.68. The number of hydrogen-bond donors (Lipinski definition) is 1. The van der Waals surface area contributed by atoms with E-state index >= 15 is 0 Å². The number of nitrogens with zero attached hydrogens (tertiary/aromatic N) is 3. The Kier molecular flexibility index (Phi) is 4.35. The van der Waals surface area contributed by atoms with Gasteiger partial charge in [-0.1, -0.05) is 6.07 Å². The summed E-state index contributed by atoms with van der Waals surface area (Å²) in [7, 11) is -3.79. The van der Waals surface area contributed by atoms with Gasteiger partial charge in [0.25, 0.3) is 11.5 Å². The Morgan fingerprint density at radius 2 is 2.04 bits per heavy atom. The summed E-state index contributed by atoms with van der Waals surface area (Å²) in [5, 5.41) is 2.73. The fourth-order valence-corrected chi connectivity index (χ4v) is 5.00. The van der Waals surface area contributed by atoms with Gasteiger partial charge in [0.15, 0.2) is 0 Å². The van der Waals surface area contributed by atoms with E-state index in [1.54, 1.807) is 12.1 Å². The lowest BCUT2D eigenvalue weighted by molar-refractivity contribution is 0.0945. The Labute approximate surface area is 156 Å². The van der Waals surface area contributed by atoms with Crippen LogP contribution >= 0.6 is 0 Å². The molecule has 0 unspecified atom stereocenters. The second-order valence-corrected chi connectivity index (χ2v) is 8.61. The molecule has 0 radical (unpaired) electrons. The van der Waals surface area contributed by atoms with Crippen LogP contribution in [-0.4, -0.2) is 41.3 Å². The largest absolute Gasteiger partial charge is 0.352 e. The van der Waals surface area contributed by atoms with Crippen molar-refractivity contribution in [2.75, 3.05) is 13.1 Å². The smallest absolute Gasteiger partial charge is 0.256 e. The number of nitrogens with one attached hydrogen (secondary N) is 1. The number of aromatic nitrogens is 2. The Hall–Kier alpha value is -2.52. The molecule has 4 rings (SSSR count). The normalized spacial score (nSPS) is 17.1. The fraction of sp³-hybridized carbons (Fsp3) is 0.389. The number of carbonyl (C=O) groups excluding carboxylic acids is 1. The van der Waals surface area contributed by atoms with E-state index in [2.05, 4.69) is 10.3 Å². The topological polar surface area (TPSA) is 101 Å². The van der Waals surface area contributed by atoms with Crippen LogP contribution in [0.15, 0.2) is 34.2 Å². The third-order valence-electron chi connectivity index (χ3n) is 5.14. The van der Waals surface area contributed by atoms with Gasteiger partial charge in [0.05, 0.1) is 23.5 Å². The molecule has 0 saturated carbocycles. The lowest BCUT2D eigenvalue weighted by atomic mass is 10.0. The highest BCUT2D eigenvalue weighted by atomic mass is 32.2. The van der Waals surface area contributed by atoms with E-state index in [0.29, 0.717) is 42.8 Å². The highest BCUT2D eigenvalue weighted by molar-refractivity contribution is 7.89. The summed E-state index contributed by atoms with van der Waals surface area (Å²) < 4.78 is 29.0. The van der Waals surface area contributed by atoms with Crippen molar-refractivity contribution in [3.05, 3.63) is 57.3 Å². The molecule has 2 aliphatic heterocycles. The van der Waals surface area contributed by atoms with Crippen LogP contribution in [0.3, 0.4) is 0 Å². The van der Waals surface area contributed by atoms with Crippen LogP contribution in [-0.2, 0) is 36.0 Å². The van der Waals surface area contributed by atoms with Gasteiger partial charge in [-0.25, -0.2) is 13.4 Å². The summed E-state index contributed by atoms with van der Waals surface area (Å²) in [5.41, 5.74) is 2.23. The number of sulfonamides is 1. The predicted octanol–water partition coefficient (Wildman–Crippen LogP) is 0.296. The highest BCUT2D eigenvalue weighted by Gasteiger charge is 2.31. The molecule has 0 atom stereocenters. The molecule has 2 aromatic rings. The first-order valence-electron chi connectivity index (χ1n) is 8.90. The van der Waals surface area contributed by atoms with Crippen LogP contribution in [0.25, 0.3) is 0 Å². The van der Waals surface area contributed by atoms with Crippen LogP contribution in [0, 0.1) is 0 Å². The molecular formula is C18H20N4O4S. The van der Waals surface area contributed by atoms with E-state index < -0.39 is 10.0 Å². The number of benzene rings is 1. The Bertz CT molecular complexity index is 1090. The molecule has 1 N–H and O–H groups in total. The van der Waals surface area contributed by atoms with Crippen molar-refractivity contribution in [2.45, 2.75) is 37.8 Å². The highest BCUT2D eigenvalue weighted by Crippen LogP contribution is 2.25. The van der Waals surface area contributed by atoms with Crippen molar-refractivity contribution < 1.29 is 13.2 Å². The van der Waals surface area contributed by atoms with Gasteiger partial charge >= 0.3 is 0 Å². The molecule has 1 amide bonds. The Morgan fingerprint density at radius 3 is 2.81 bits per heavy atom. The average Bonchev–Trinajstić information content (AvgIpc) is 2.68. The molecule has 0 spiro atoms. The zero-order valence-electron chi connectivity index (χ0n) is 14.9. The van der Waals surface area contributed by atoms with Gasteiger partial charge in [-0.15, -0.1) is 0 Å². The number of rotatable bonds is 3. The molecule has 0 bridgehead atoms. The maximum absolute atomic E-state index is 13.1. The van der Waals surface area contributed by atoms with Crippen molar-refractivity contribution in [3.8, 4) is 0 Å². The SMILES string of the molecule is CCn1cnc2c(c1=O)CCN(S(=O)(=O)c1ccc3c(c1)C(=O)NCC3)C2. The van der Waals surface area contributed by atoms with Crippen LogP contribution in [0.4, 0.5) is 0 Å². The number of hydrogen-bond acceptors (Lipinski definition) is 5. The maximum Gasteiger partial charge on any atom is 0.256 e. The number of carbonyl (C=O) groups is 1. The van der Waals surface area contributed by atoms with Crippen molar-refractivity contribution in [2.24, 2.45) is 0 Å². The van der Waals surface area contributed by atoms with E-state index in [1.807, 2.05) is 6.92 Å². The van der Waals surface area contributed by atoms with Crippen molar-refractivity contribution >= 4 is 15.9 Å².